The molecule has 0 saturated carbocycles. The Balaban J connectivity index is 1.64. The summed E-state index contributed by atoms with van der Waals surface area (Å²) >= 11 is 0. The van der Waals surface area contributed by atoms with Gasteiger partial charge in [-0.1, -0.05) is 0 Å². The first kappa shape index (κ1) is 21.0. The summed E-state index contributed by atoms with van der Waals surface area (Å²) in [6.07, 6.45) is 1.87. The van der Waals surface area contributed by atoms with E-state index in [9.17, 15) is 9.59 Å². The molecule has 2 fully saturated rings. The van der Waals surface area contributed by atoms with Crippen LogP contribution in [0.15, 0.2) is 0 Å². The number of hydrogen-bond acceptors (Lipinski definition) is 6. The van der Waals surface area contributed by atoms with Gasteiger partial charge in [0.1, 0.15) is 5.60 Å². The summed E-state index contributed by atoms with van der Waals surface area (Å²) in [5, 5.41) is 0. The molecule has 0 aromatic heterocycles. The van der Waals surface area contributed by atoms with Crippen LogP contribution in [0.2, 0.25) is 0 Å². The van der Waals surface area contributed by atoms with Crippen LogP contribution in [0.1, 0.15) is 40.5 Å². The minimum absolute atomic E-state index is 0.129. The SMILES string of the molecule is CCOC(=O)CN1CCN(CC2CCN(C(=O)OC(C)(C)C)CC2)CC1. The minimum Gasteiger partial charge on any atom is -0.465 e. The van der Waals surface area contributed by atoms with Crippen LogP contribution in [0.25, 0.3) is 0 Å². The second-order valence-corrected chi connectivity index (χ2v) is 8.29. The number of carbonyl (C=O) groups excluding carboxylic acids is 2. The van der Waals surface area contributed by atoms with Crippen molar-refractivity contribution in [2.75, 3.05) is 59.0 Å². The van der Waals surface area contributed by atoms with Crippen LogP contribution in [-0.2, 0) is 14.3 Å². The zero-order chi connectivity index (χ0) is 19.2. The molecule has 0 N–H and O–H groups in total. The van der Waals surface area contributed by atoms with Gasteiger partial charge in [-0.3, -0.25) is 9.69 Å². The molecule has 0 bridgehead atoms. The fourth-order valence-corrected chi connectivity index (χ4v) is 3.51. The molecule has 0 atom stereocenters. The number of rotatable bonds is 5. The van der Waals surface area contributed by atoms with E-state index < -0.39 is 5.60 Å². The zero-order valence-corrected chi connectivity index (χ0v) is 16.8. The molecule has 0 spiro atoms. The molecule has 2 rings (SSSR count). The van der Waals surface area contributed by atoms with Crippen molar-refractivity contribution in [2.45, 2.75) is 46.1 Å². The number of likely N-dealkylation sites (tertiary alicyclic amines) is 1. The molecule has 2 heterocycles. The van der Waals surface area contributed by atoms with Gasteiger partial charge >= 0.3 is 12.1 Å². The summed E-state index contributed by atoms with van der Waals surface area (Å²) in [6, 6.07) is 0. The predicted molar refractivity (Wildman–Crippen MR) is 100 cm³/mol. The van der Waals surface area contributed by atoms with E-state index >= 15 is 0 Å². The molecule has 0 aliphatic carbocycles. The van der Waals surface area contributed by atoms with Gasteiger partial charge in [0.25, 0.3) is 0 Å². The van der Waals surface area contributed by atoms with Crippen LogP contribution in [0, 0.1) is 5.92 Å². The highest BCUT2D eigenvalue weighted by Gasteiger charge is 2.28. The first-order valence-electron chi connectivity index (χ1n) is 9.85. The number of esters is 1. The molecule has 0 unspecified atom stereocenters. The van der Waals surface area contributed by atoms with Crippen molar-refractivity contribution in [3.05, 3.63) is 0 Å². The molecule has 0 aromatic rings. The fourth-order valence-electron chi connectivity index (χ4n) is 3.51. The van der Waals surface area contributed by atoms with Crippen LogP contribution in [0.5, 0.6) is 0 Å². The Morgan fingerprint density at radius 2 is 1.54 bits per heavy atom. The summed E-state index contributed by atoms with van der Waals surface area (Å²) in [5.74, 6) is 0.501. The van der Waals surface area contributed by atoms with Gasteiger partial charge in [-0.05, 0) is 46.5 Å². The van der Waals surface area contributed by atoms with Crippen LogP contribution < -0.4 is 0 Å². The van der Waals surface area contributed by atoms with Gasteiger partial charge in [0.05, 0.1) is 13.2 Å². The second kappa shape index (κ2) is 9.55. The maximum absolute atomic E-state index is 12.1. The van der Waals surface area contributed by atoms with E-state index in [1.165, 1.54) is 0 Å². The number of hydrogen-bond donors (Lipinski definition) is 0. The standard InChI is InChI=1S/C19H35N3O4/c1-5-25-17(23)15-21-12-10-20(11-13-21)14-16-6-8-22(9-7-16)18(24)26-19(2,3)4/h16H,5-15H2,1-4H3. The van der Waals surface area contributed by atoms with Gasteiger partial charge in [-0.15, -0.1) is 0 Å². The highest BCUT2D eigenvalue weighted by Crippen LogP contribution is 2.21. The average molecular weight is 370 g/mol. The lowest BCUT2D eigenvalue weighted by Gasteiger charge is -2.38. The number of amides is 1. The van der Waals surface area contributed by atoms with E-state index in [4.69, 9.17) is 9.47 Å². The Kier molecular flexibility index (Phi) is 7.70. The number of nitrogens with zero attached hydrogens (tertiary/aromatic N) is 3. The van der Waals surface area contributed by atoms with E-state index in [0.29, 0.717) is 19.1 Å². The first-order chi connectivity index (χ1) is 12.3. The Bertz CT molecular complexity index is 462. The maximum atomic E-state index is 12.1. The topological polar surface area (TPSA) is 62.3 Å². The Labute approximate surface area is 157 Å². The number of piperidine rings is 1. The van der Waals surface area contributed by atoms with Crippen molar-refractivity contribution in [3.63, 3.8) is 0 Å². The smallest absolute Gasteiger partial charge is 0.410 e. The van der Waals surface area contributed by atoms with Crippen molar-refractivity contribution in [3.8, 4) is 0 Å². The van der Waals surface area contributed by atoms with Crippen LogP contribution in [0.3, 0.4) is 0 Å². The van der Waals surface area contributed by atoms with E-state index in [-0.39, 0.29) is 12.1 Å². The van der Waals surface area contributed by atoms with Crippen molar-refractivity contribution >= 4 is 12.1 Å². The van der Waals surface area contributed by atoms with Crippen LogP contribution in [0.4, 0.5) is 4.79 Å². The van der Waals surface area contributed by atoms with Crippen LogP contribution >= 0.6 is 0 Å². The maximum Gasteiger partial charge on any atom is 0.410 e. The molecule has 26 heavy (non-hydrogen) atoms. The van der Waals surface area contributed by atoms with Gasteiger partial charge in [0.2, 0.25) is 0 Å². The fraction of sp³-hybridized carbons (Fsp3) is 0.895. The number of carbonyl (C=O) groups is 2. The third-order valence-electron chi connectivity index (χ3n) is 4.91. The molecule has 2 aliphatic heterocycles. The third-order valence-corrected chi connectivity index (χ3v) is 4.91. The molecular formula is C19H35N3O4. The van der Waals surface area contributed by atoms with E-state index in [0.717, 1.165) is 58.7 Å². The quantitative estimate of drug-likeness (QED) is 0.689. The average Bonchev–Trinajstić information content (AvgIpc) is 2.56. The predicted octanol–water partition coefficient (Wildman–Crippen LogP) is 1.81. The van der Waals surface area contributed by atoms with Gasteiger partial charge < -0.3 is 19.3 Å². The van der Waals surface area contributed by atoms with Gasteiger partial charge in [0, 0.05) is 45.8 Å². The van der Waals surface area contributed by atoms with Crippen molar-refractivity contribution in [2.24, 2.45) is 5.92 Å². The summed E-state index contributed by atoms with van der Waals surface area (Å²) < 4.78 is 10.5. The first-order valence-corrected chi connectivity index (χ1v) is 9.85. The van der Waals surface area contributed by atoms with E-state index in [1.807, 2.05) is 32.6 Å². The van der Waals surface area contributed by atoms with Crippen molar-refractivity contribution < 1.29 is 19.1 Å². The van der Waals surface area contributed by atoms with Gasteiger partial charge in [-0.25, -0.2) is 4.79 Å². The third kappa shape index (κ3) is 7.11. The molecule has 150 valence electrons. The molecule has 7 heteroatoms. The minimum atomic E-state index is -0.433. The monoisotopic (exact) mass is 369 g/mol. The molecule has 1 amide bonds. The summed E-state index contributed by atoms with van der Waals surface area (Å²) in [4.78, 5) is 30.2. The molecule has 2 aliphatic rings. The molecule has 2 saturated heterocycles. The largest absolute Gasteiger partial charge is 0.465 e. The van der Waals surface area contributed by atoms with Gasteiger partial charge in [0.15, 0.2) is 0 Å². The lowest BCUT2D eigenvalue weighted by molar-refractivity contribution is -0.144. The van der Waals surface area contributed by atoms with E-state index in [2.05, 4.69) is 9.80 Å². The Morgan fingerprint density at radius 3 is 2.08 bits per heavy atom. The highest BCUT2D eigenvalue weighted by molar-refractivity contribution is 5.71. The van der Waals surface area contributed by atoms with Crippen LogP contribution in [-0.4, -0.2) is 91.3 Å². The van der Waals surface area contributed by atoms with Crippen molar-refractivity contribution in [1.29, 1.82) is 0 Å². The normalized spacial score (nSPS) is 20.8. The Hall–Kier alpha value is -1.34. The van der Waals surface area contributed by atoms with Crippen molar-refractivity contribution in [1.82, 2.24) is 14.7 Å². The summed E-state index contributed by atoms with van der Waals surface area (Å²) in [7, 11) is 0. The zero-order valence-electron chi connectivity index (χ0n) is 16.8. The Morgan fingerprint density at radius 1 is 0.962 bits per heavy atom. The summed E-state index contributed by atoms with van der Waals surface area (Å²) in [5.41, 5.74) is -0.433. The molecule has 0 radical (unpaired) electrons. The lowest BCUT2D eigenvalue weighted by atomic mass is 9.96. The number of piperazine rings is 1. The lowest BCUT2D eigenvalue weighted by Crippen LogP contribution is -2.50. The molecule has 0 aromatic carbocycles. The summed E-state index contributed by atoms with van der Waals surface area (Å²) in [6.45, 7) is 14.8. The van der Waals surface area contributed by atoms with E-state index in [1.54, 1.807) is 0 Å². The van der Waals surface area contributed by atoms with Gasteiger partial charge in [-0.2, -0.15) is 0 Å². The molecular weight excluding hydrogens is 334 g/mol. The second-order valence-electron chi connectivity index (χ2n) is 8.29. The molecule has 7 nitrogen and oxygen atoms in total. The highest BCUT2D eigenvalue weighted by atomic mass is 16.6. The number of ether oxygens (including phenoxy) is 2.